The predicted octanol–water partition coefficient (Wildman–Crippen LogP) is 6.72. The molecule has 12 heteroatoms. The van der Waals surface area contributed by atoms with Crippen molar-refractivity contribution in [3.05, 3.63) is 130 Å². The SMILES string of the molecule is C[C@@H]1[C@H](CN2CCC[C@H]2CO)O[C@H](c2cccc(-c3cccc(CNC(=O)c4c(F)c(F)c(F)c(F)c4F)c3)c2)O[C@@H]1c1ccc(CO)cc1. The van der Waals surface area contributed by atoms with E-state index in [-0.39, 0.29) is 43.9 Å². The van der Waals surface area contributed by atoms with Crippen molar-refractivity contribution in [1.82, 2.24) is 10.2 Å². The first-order valence-corrected chi connectivity index (χ1v) is 16.4. The first kappa shape index (κ1) is 35.6. The Morgan fingerprint density at radius 3 is 2.16 bits per heavy atom. The lowest BCUT2D eigenvalue weighted by atomic mass is 9.89. The summed E-state index contributed by atoms with van der Waals surface area (Å²) in [4.78, 5) is 14.8. The van der Waals surface area contributed by atoms with Gasteiger partial charge >= 0.3 is 0 Å². The lowest BCUT2D eigenvalue weighted by molar-refractivity contribution is -0.276. The van der Waals surface area contributed by atoms with Crippen molar-refractivity contribution in [2.24, 2.45) is 5.92 Å². The van der Waals surface area contributed by atoms with Gasteiger partial charge in [-0.15, -0.1) is 0 Å². The number of hydrogen-bond donors (Lipinski definition) is 3. The molecular weight excluding hydrogens is 659 g/mol. The van der Waals surface area contributed by atoms with Gasteiger partial charge in [0, 0.05) is 30.6 Å². The Hall–Kier alpha value is -4.20. The van der Waals surface area contributed by atoms with Gasteiger partial charge < -0.3 is 25.0 Å². The average molecular weight is 697 g/mol. The highest BCUT2D eigenvalue weighted by Gasteiger charge is 2.40. The molecule has 50 heavy (non-hydrogen) atoms. The van der Waals surface area contributed by atoms with Gasteiger partial charge in [0.15, 0.2) is 29.6 Å². The van der Waals surface area contributed by atoms with Gasteiger partial charge in [-0.25, -0.2) is 22.0 Å². The van der Waals surface area contributed by atoms with Crippen LogP contribution in [0, 0.1) is 35.0 Å². The number of aliphatic hydroxyl groups is 2. The summed E-state index contributed by atoms with van der Waals surface area (Å²) in [5.41, 5.74) is 2.96. The van der Waals surface area contributed by atoms with Gasteiger partial charge in [-0.05, 0) is 59.3 Å². The Labute approximate surface area is 286 Å². The van der Waals surface area contributed by atoms with E-state index >= 15 is 0 Å². The number of carbonyl (C=O) groups is 1. The number of nitrogens with zero attached hydrogens (tertiary/aromatic N) is 1. The molecule has 0 saturated carbocycles. The Bertz CT molecular complexity index is 1810. The van der Waals surface area contributed by atoms with Gasteiger partial charge in [0.1, 0.15) is 5.56 Å². The van der Waals surface area contributed by atoms with Crippen molar-refractivity contribution in [1.29, 1.82) is 0 Å². The Kier molecular flexibility index (Phi) is 10.9. The van der Waals surface area contributed by atoms with Gasteiger partial charge in [0.25, 0.3) is 5.91 Å². The zero-order chi connectivity index (χ0) is 35.5. The number of carbonyl (C=O) groups excluding carboxylic acids is 1. The second kappa shape index (κ2) is 15.4. The third-order valence-corrected chi connectivity index (χ3v) is 9.56. The van der Waals surface area contributed by atoms with Crippen LogP contribution in [0.15, 0.2) is 72.8 Å². The zero-order valence-electron chi connectivity index (χ0n) is 27.2. The Morgan fingerprint density at radius 1 is 0.820 bits per heavy atom. The van der Waals surface area contributed by atoms with E-state index in [4.69, 9.17) is 9.47 Å². The first-order chi connectivity index (χ1) is 24.1. The molecule has 0 aliphatic carbocycles. The van der Waals surface area contributed by atoms with E-state index in [1.807, 2.05) is 54.6 Å². The molecule has 0 unspecified atom stereocenters. The number of hydrogen-bond acceptors (Lipinski definition) is 6. The molecule has 5 atom stereocenters. The van der Waals surface area contributed by atoms with Crippen molar-refractivity contribution < 1.29 is 46.4 Å². The van der Waals surface area contributed by atoms with Crippen LogP contribution in [0.25, 0.3) is 11.1 Å². The molecule has 3 N–H and O–H groups in total. The summed E-state index contributed by atoms with van der Waals surface area (Å²) in [6, 6.07) is 22.2. The van der Waals surface area contributed by atoms with Crippen LogP contribution in [0.2, 0.25) is 0 Å². The summed E-state index contributed by atoms with van der Waals surface area (Å²) in [7, 11) is 0. The normalized spacial score (nSPS) is 22.5. The van der Waals surface area contributed by atoms with E-state index in [9.17, 15) is 37.0 Å². The quantitative estimate of drug-likeness (QED) is 0.0970. The fraction of sp³-hybridized carbons (Fsp3) is 0.342. The molecule has 4 aromatic carbocycles. The number of aliphatic hydroxyl groups excluding tert-OH is 2. The van der Waals surface area contributed by atoms with Crippen molar-refractivity contribution in [2.45, 2.75) is 57.5 Å². The van der Waals surface area contributed by atoms with E-state index in [1.165, 1.54) is 0 Å². The molecule has 0 spiro atoms. The average Bonchev–Trinajstić information content (AvgIpc) is 3.60. The maximum atomic E-state index is 14.2. The highest BCUT2D eigenvalue weighted by atomic mass is 19.2. The first-order valence-electron chi connectivity index (χ1n) is 16.4. The lowest BCUT2D eigenvalue weighted by Gasteiger charge is -2.43. The van der Waals surface area contributed by atoms with Gasteiger partial charge in [0.2, 0.25) is 5.82 Å². The molecule has 2 heterocycles. The van der Waals surface area contributed by atoms with Gasteiger partial charge in [0.05, 0.1) is 25.4 Å². The van der Waals surface area contributed by atoms with Crippen LogP contribution in [0.3, 0.4) is 0 Å². The van der Waals surface area contributed by atoms with Crippen LogP contribution in [0.4, 0.5) is 22.0 Å². The minimum absolute atomic E-state index is 0.0360. The summed E-state index contributed by atoms with van der Waals surface area (Å²) in [6.07, 6.45) is 0.635. The van der Waals surface area contributed by atoms with Crippen LogP contribution in [0.5, 0.6) is 0 Å². The topological polar surface area (TPSA) is 91.3 Å². The summed E-state index contributed by atoms with van der Waals surface area (Å²) in [5, 5.41) is 21.7. The van der Waals surface area contributed by atoms with Crippen LogP contribution in [-0.2, 0) is 22.6 Å². The minimum Gasteiger partial charge on any atom is -0.395 e. The fourth-order valence-electron chi connectivity index (χ4n) is 6.70. The molecule has 0 bridgehead atoms. The third-order valence-electron chi connectivity index (χ3n) is 9.56. The number of rotatable bonds is 10. The maximum Gasteiger partial charge on any atom is 0.257 e. The zero-order valence-corrected chi connectivity index (χ0v) is 27.2. The van der Waals surface area contributed by atoms with E-state index in [2.05, 4.69) is 17.1 Å². The number of halogens is 5. The second-order valence-electron chi connectivity index (χ2n) is 12.7. The van der Waals surface area contributed by atoms with Crippen molar-refractivity contribution in [3.8, 4) is 11.1 Å². The standard InChI is InChI=1S/C38H37F5N2O5/c1-21-29(18-45-14-4-9-28(45)20-47)49-38(50-36(21)24-12-10-22(19-46)11-13-24)27-8-3-7-26(16-27)25-6-2-5-23(15-25)17-44-37(48)30-31(39)33(41)35(43)34(42)32(30)40/h2-3,5-8,10-13,15-16,21,28-29,36,38,46-47H,4,9,14,17-20H2,1H3,(H,44,48)/t21-,28+,29+,36+,38+/m1/s1. The van der Waals surface area contributed by atoms with Crippen molar-refractivity contribution in [3.63, 3.8) is 0 Å². The minimum atomic E-state index is -2.34. The molecule has 6 rings (SSSR count). The maximum absolute atomic E-state index is 14.2. The third kappa shape index (κ3) is 7.31. The van der Waals surface area contributed by atoms with E-state index in [1.54, 1.807) is 18.2 Å². The van der Waals surface area contributed by atoms with Gasteiger partial charge in [-0.1, -0.05) is 67.6 Å². The smallest absolute Gasteiger partial charge is 0.257 e. The highest BCUT2D eigenvalue weighted by molar-refractivity contribution is 5.94. The lowest BCUT2D eigenvalue weighted by Crippen LogP contribution is -2.46. The molecule has 2 aliphatic rings. The Balaban J connectivity index is 1.23. The molecular formula is C38H37F5N2O5. The molecule has 4 aromatic rings. The van der Waals surface area contributed by atoms with Crippen molar-refractivity contribution >= 4 is 5.91 Å². The molecule has 1 amide bonds. The Morgan fingerprint density at radius 2 is 1.48 bits per heavy atom. The number of likely N-dealkylation sites (tertiary alicyclic amines) is 1. The van der Waals surface area contributed by atoms with E-state index in [0.29, 0.717) is 12.1 Å². The molecule has 264 valence electrons. The molecule has 2 fully saturated rings. The summed E-state index contributed by atoms with van der Waals surface area (Å²) < 4.78 is 82.3. The molecule has 0 aromatic heterocycles. The van der Waals surface area contributed by atoms with E-state index < -0.39 is 46.8 Å². The predicted molar refractivity (Wildman–Crippen MR) is 174 cm³/mol. The van der Waals surface area contributed by atoms with Crippen LogP contribution >= 0.6 is 0 Å². The van der Waals surface area contributed by atoms with Crippen LogP contribution in [0.1, 0.15) is 64.8 Å². The summed E-state index contributed by atoms with van der Waals surface area (Å²) in [6.45, 7) is 3.33. The van der Waals surface area contributed by atoms with Crippen LogP contribution < -0.4 is 5.32 Å². The molecule has 2 saturated heterocycles. The molecule has 7 nitrogen and oxygen atoms in total. The molecule has 0 radical (unpaired) electrons. The summed E-state index contributed by atoms with van der Waals surface area (Å²) >= 11 is 0. The molecule has 2 aliphatic heterocycles. The number of nitrogens with one attached hydrogen (secondary N) is 1. The monoisotopic (exact) mass is 696 g/mol. The van der Waals surface area contributed by atoms with Gasteiger partial charge in [-0.2, -0.15) is 0 Å². The number of amides is 1. The van der Waals surface area contributed by atoms with Gasteiger partial charge in [-0.3, -0.25) is 9.69 Å². The second-order valence-corrected chi connectivity index (χ2v) is 12.7. The van der Waals surface area contributed by atoms with E-state index in [0.717, 1.165) is 47.2 Å². The number of ether oxygens (including phenoxy) is 2. The van der Waals surface area contributed by atoms with Crippen molar-refractivity contribution in [2.75, 3.05) is 19.7 Å². The highest BCUT2D eigenvalue weighted by Crippen LogP contribution is 2.43. The van der Waals surface area contributed by atoms with Crippen LogP contribution in [-0.4, -0.2) is 52.9 Å². The summed E-state index contributed by atoms with van der Waals surface area (Å²) in [5.74, 6) is -12.6. The number of benzene rings is 4. The largest absolute Gasteiger partial charge is 0.395 e. The fourth-order valence-corrected chi connectivity index (χ4v) is 6.70.